The third-order valence-electron chi connectivity index (χ3n) is 2.22. The van der Waals surface area contributed by atoms with Crippen LogP contribution in [0.25, 0.3) is 0 Å². The number of anilines is 1. The number of nitrogens with zero attached hydrogens (tertiary/aromatic N) is 4. The summed E-state index contributed by atoms with van der Waals surface area (Å²) in [6.07, 6.45) is 4.32. The van der Waals surface area contributed by atoms with Crippen molar-refractivity contribution in [1.82, 2.24) is 20.0 Å². The summed E-state index contributed by atoms with van der Waals surface area (Å²) in [5.74, 6) is 0.532. The van der Waals surface area contributed by atoms with Gasteiger partial charge in [0.2, 0.25) is 0 Å². The summed E-state index contributed by atoms with van der Waals surface area (Å²) in [4.78, 5) is 4.06. The molecule has 2 heterocycles. The van der Waals surface area contributed by atoms with Gasteiger partial charge in [-0.25, -0.2) is 4.98 Å². The van der Waals surface area contributed by atoms with Crippen LogP contribution in [0, 0.1) is 0 Å². The molecule has 0 aliphatic heterocycles. The zero-order chi connectivity index (χ0) is 13.0. The van der Waals surface area contributed by atoms with E-state index in [1.807, 2.05) is 6.20 Å². The van der Waals surface area contributed by atoms with Crippen LogP contribution in [0.5, 0.6) is 0 Å². The first-order valence-corrected chi connectivity index (χ1v) is 6.39. The minimum absolute atomic E-state index is 0.236. The summed E-state index contributed by atoms with van der Waals surface area (Å²) in [5.41, 5.74) is 0. The van der Waals surface area contributed by atoms with Gasteiger partial charge in [0.05, 0.1) is 16.2 Å². The van der Waals surface area contributed by atoms with Gasteiger partial charge in [0.25, 0.3) is 0 Å². The highest BCUT2D eigenvalue weighted by Gasteiger charge is 2.06. The van der Waals surface area contributed by atoms with Gasteiger partial charge in [-0.3, -0.25) is 4.68 Å². The van der Waals surface area contributed by atoms with E-state index in [1.165, 1.54) is 0 Å². The van der Waals surface area contributed by atoms with Gasteiger partial charge in [0.15, 0.2) is 0 Å². The van der Waals surface area contributed by atoms with Crippen molar-refractivity contribution >= 4 is 40.6 Å². The molecule has 0 fully saturated rings. The van der Waals surface area contributed by atoms with Crippen LogP contribution in [0.2, 0.25) is 15.2 Å². The maximum atomic E-state index is 5.98. The molecule has 0 atom stereocenters. The van der Waals surface area contributed by atoms with Crippen molar-refractivity contribution in [3.8, 4) is 0 Å². The molecule has 0 aliphatic rings. The summed E-state index contributed by atoms with van der Waals surface area (Å²) in [5, 5.41) is 11.7. The zero-order valence-electron chi connectivity index (χ0n) is 9.28. The second kappa shape index (κ2) is 6.22. The molecule has 5 nitrogen and oxygen atoms in total. The third kappa shape index (κ3) is 3.48. The molecule has 0 amide bonds. The first-order chi connectivity index (χ1) is 8.66. The molecule has 0 aliphatic carbocycles. The summed E-state index contributed by atoms with van der Waals surface area (Å²) in [7, 11) is 0. The Balaban J connectivity index is 1.85. The molecule has 0 radical (unpaired) electrons. The minimum atomic E-state index is 0.236. The summed E-state index contributed by atoms with van der Waals surface area (Å²) in [6.45, 7) is 1.47. The molecule has 0 bridgehead atoms. The Bertz CT molecular complexity index is 514. The van der Waals surface area contributed by atoms with E-state index in [0.717, 1.165) is 13.0 Å². The second-order valence-corrected chi connectivity index (χ2v) is 4.71. The Kier molecular flexibility index (Phi) is 4.63. The van der Waals surface area contributed by atoms with E-state index in [0.29, 0.717) is 22.4 Å². The standard InChI is InChI=1S/C10H10Cl3N5/c11-7-6-8(12)10(16-9(7)13)14-2-1-4-18-5-3-15-17-18/h3,5-6H,1-2,4H2,(H,14,16). The van der Waals surface area contributed by atoms with Crippen LogP contribution in [-0.4, -0.2) is 26.5 Å². The van der Waals surface area contributed by atoms with Gasteiger partial charge in [0.1, 0.15) is 11.0 Å². The lowest BCUT2D eigenvalue weighted by Crippen LogP contribution is -2.08. The lowest BCUT2D eigenvalue weighted by atomic mass is 10.4. The molecule has 2 aromatic heterocycles. The highest BCUT2D eigenvalue weighted by atomic mass is 35.5. The summed E-state index contributed by atoms with van der Waals surface area (Å²) < 4.78 is 1.76. The lowest BCUT2D eigenvalue weighted by Gasteiger charge is -2.08. The van der Waals surface area contributed by atoms with E-state index in [4.69, 9.17) is 34.8 Å². The number of aryl methyl sites for hydroxylation is 1. The van der Waals surface area contributed by atoms with Crippen LogP contribution in [0.3, 0.4) is 0 Å². The van der Waals surface area contributed by atoms with Gasteiger partial charge in [0, 0.05) is 19.3 Å². The number of hydrogen-bond acceptors (Lipinski definition) is 4. The van der Waals surface area contributed by atoms with Gasteiger partial charge >= 0.3 is 0 Å². The fourth-order valence-corrected chi connectivity index (χ4v) is 1.93. The van der Waals surface area contributed by atoms with Crippen molar-refractivity contribution in [2.75, 3.05) is 11.9 Å². The molecule has 1 N–H and O–H groups in total. The van der Waals surface area contributed by atoms with Crippen LogP contribution in [0.15, 0.2) is 18.5 Å². The van der Waals surface area contributed by atoms with E-state index in [-0.39, 0.29) is 5.15 Å². The summed E-state index contributed by atoms with van der Waals surface area (Å²) >= 11 is 17.6. The Morgan fingerprint density at radius 3 is 2.78 bits per heavy atom. The number of rotatable bonds is 5. The summed E-state index contributed by atoms with van der Waals surface area (Å²) in [6, 6.07) is 1.57. The van der Waals surface area contributed by atoms with Gasteiger partial charge in [-0.2, -0.15) is 0 Å². The molecule has 2 aromatic rings. The topological polar surface area (TPSA) is 55.6 Å². The quantitative estimate of drug-likeness (QED) is 0.681. The number of pyridine rings is 1. The van der Waals surface area contributed by atoms with Crippen LogP contribution in [0.4, 0.5) is 5.82 Å². The minimum Gasteiger partial charge on any atom is -0.369 e. The Morgan fingerprint density at radius 1 is 1.22 bits per heavy atom. The Labute approximate surface area is 119 Å². The molecular weight excluding hydrogens is 297 g/mol. The number of nitrogens with one attached hydrogen (secondary N) is 1. The van der Waals surface area contributed by atoms with Crippen molar-refractivity contribution < 1.29 is 0 Å². The molecular formula is C10H10Cl3N5. The maximum Gasteiger partial charge on any atom is 0.150 e. The van der Waals surface area contributed by atoms with E-state index < -0.39 is 0 Å². The van der Waals surface area contributed by atoms with Gasteiger partial charge < -0.3 is 5.32 Å². The fraction of sp³-hybridized carbons (Fsp3) is 0.300. The van der Waals surface area contributed by atoms with Crippen molar-refractivity contribution in [2.45, 2.75) is 13.0 Å². The van der Waals surface area contributed by atoms with Crippen molar-refractivity contribution in [3.63, 3.8) is 0 Å². The predicted octanol–water partition coefficient (Wildman–Crippen LogP) is 3.14. The van der Waals surface area contributed by atoms with E-state index >= 15 is 0 Å². The lowest BCUT2D eigenvalue weighted by molar-refractivity contribution is 0.569. The normalized spacial score (nSPS) is 10.6. The van der Waals surface area contributed by atoms with Crippen LogP contribution in [0.1, 0.15) is 6.42 Å². The zero-order valence-corrected chi connectivity index (χ0v) is 11.5. The van der Waals surface area contributed by atoms with Crippen molar-refractivity contribution in [3.05, 3.63) is 33.7 Å². The predicted molar refractivity (Wildman–Crippen MR) is 72.4 cm³/mol. The highest BCUT2D eigenvalue weighted by molar-refractivity contribution is 6.42. The third-order valence-corrected chi connectivity index (χ3v) is 3.18. The number of halogens is 3. The fourth-order valence-electron chi connectivity index (χ4n) is 1.37. The SMILES string of the molecule is Clc1cc(Cl)c(NCCCn2ccnn2)nc1Cl. The van der Waals surface area contributed by atoms with Gasteiger partial charge in [-0.05, 0) is 12.5 Å². The molecule has 96 valence electrons. The molecule has 0 spiro atoms. The van der Waals surface area contributed by atoms with Crippen LogP contribution < -0.4 is 5.32 Å². The van der Waals surface area contributed by atoms with E-state index in [9.17, 15) is 0 Å². The largest absolute Gasteiger partial charge is 0.369 e. The van der Waals surface area contributed by atoms with Gasteiger partial charge in [-0.1, -0.05) is 40.0 Å². The average molecular weight is 307 g/mol. The molecule has 0 saturated carbocycles. The Morgan fingerprint density at radius 2 is 2.06 bits per heavy atom. The van der Waals surface area contributed by atoms with Gasteiger partial charge in [-0.15, -0.1) is 5.10 Å². The highest BCUT2D eigenvalue weighted by Crippen LogP contribution is 2.28. The van der Waals surface area contributed by atoms with Crippen molar-refractivity contribution in [2.24, 2.45) is 0 Å². The number of aromatic nitrogens is 4. The van der Waals surface area contributed by atoms with Crippen molar-refractivity contribution in [1.29, 1.82) is 0 Å². The van der Waals surface area contributed by atoms with Crippen LogP contribution in [-0.2, 0) is 6.54 Å². The first-order valence-electron chi connectivity index (χ1n) is 5.26. The monoisotopic (exact) mass is 305 g/mol. The molecule has 0 saturated heterocycles. The molecule has 2 rings (SSSR count). The Hall–Kier alpha value is -1.04. The smallest absolute Gasteiger partial charge is 0.150 e. The maximum absolute atomic E-state index is 5.98. The average Bonchev–Trinajstić information content (AvgIpc) is 2.84. The molecule has 0 unspecified atom stereocenters. The number of hydrogen-bond donors (Lipinski definition) is 1. The molecule has 0 aromatic carbocycles. The molecule has 8 heteroatoms. The first kappa shape index (κ1) is 13.4. The van der Waals surface area contributed by atoms with Crippen LogP contribution >= 0.6 is 34.8 Å². The van der Waals surface area contributed by atoms with E-state index in [2.05, 4.69) is 20.6 Å². The molecule has 18 heavy (non-hydrogen) atoms. The van der Waals surface area contributed by atoms with E-state index in [1.54, 1.807) is 16.9 Å². The second-order valence-electron chi connectivity index (χ2n) is 3.54.